The molecule has 1 atom stereocenters. The fraction of sp³-hybridized carbons (Fsp3) is 0.462. The number of nitrogens with one attached hydrogen (secondary N) is 1. The third-order valence-corrected chi connectivity index (χ3v) is 7.56. The fourth-order valence-electron chi connectivity index (χ4n) is 3.77. The molecule has 0 radical (unpaired) electrons. The third kappa shape index (κ3) is 8.51. The van der Waals surface area contributed by atoms with Crippen LogP contribution in [0.25, 0.3) is 0 Å². The molecule has 37 heavy (non-hydrogen) atoms. The van der Waals surface area contributed by atoms with Crippen LogP contribution in [-0.4, -0.2) is 57.6 Å². The van der Waals surface area contributed by atoms with Crippen molar-refractivity contribution in [2.24, 2.45) is 5.92 Å². The van der Waals surface area contributed by atoms with Gasteiger partial charge < -0.3 is 15.0 Å². The molecular weight excluding hydrogens is 537 g/mol. The van der Waals surface area contributed by atoms with Crippen LogP contribution in [0.5, 0.6) is 5.75 Å². The number of aryl methyl sites for hydroxylation is 1. The molecule has 0 saturated carbocycles. The van der Waals surface area contributed by atoms with Crippen molar-refractivity contribution in [2.45, 2.75) is 46.7 Å². The van der Waals surface area contributed by atoms with Crippen molar-refractivity contribution in [3.8, 4) is 5.75 Å². The van der Waals surface area contributed by atoms with Crippen LogP contribution < -0.4 is 14.4 Å². The first-order valence-electron chi connectivity index (χ1n) is 11.9. The van der Waals surface area contributed by atoms with Crippen LogP contribution in [0, 0.1) is 12.8 Å². The van der Waals surface area contributed by atoms with Crippen LogP contribution in [0.1, 0.15) is 38.3 Å². The lowest BCUT2D eigenvalue weighted by Gasteiger charge is -2.33. The van der Waals surface area contributed by atoms with Crippen molar-refractivity contribution in [1.82, 2.24) is 10.2 Å². The molecule has 0 aliphatic rings. The molecule has 2 amide bonds. The Balaban J connectivity index is 2.52. The van der Waals surface area contributed by atoms with Gasteiger partial charge in [-0.1, -0.05) is 56.1 Å². The zero-order valence-electron chi connectivity index (χ0n) is 22.0. The lowest BCUT2D eigenvalue weighted by molar-refractivity contribution is -0.140. The van der Waals surface area contributed by atoms with E-state index in [1.807, 2.05) is 20.8 Å². The Morgan fingerprint density at radius 2 is 1.76 bits per heavy atom. The summed E-state index contributed by atoms with van der Waals surface area (Å²) >= 11 is 12.3. The van der Waals surface area contributed by atoms with Gasteiger partial charge >= 0.3 is 0 Å². The van der Waals surface area contributed by atoms with E-state index >= 15 is 0 Å². The number of ether oxygens (including phenoxy) is 1. The molecule has 11 heteroatoms. The Bertz CT molecular complexity index is 1220. The van der Waals surface area contributed by atoms with E-state index in [4.69, 9.17) is 27.9 Å². The van der Waals surface area contributed by atoms with E-state index in [-0.39, 0.29) is 24.1 Å². The van der Waals surface area contributed by atoms with Crippen molar-refractivity contribution in [3.05, 3.63) is 57.6 Å². The normalized spacial score (nSPS) is 12.2. The van der Waals surface area contributed by atoms with Gasteiger partial charge in [-0.05, 0) is 54.7 Å². The number of hydrogen-bond donors (Lipinski definition) is 1. The summed E-state index contributed by atoms with van der Waals surface area (Å²) in [5.74, 6) is -0.341. The number of sulfonamides is 1. The van der Waals surface area contributed by atoms with Crippen molar-refractivity contribution >= 4 is 50.7 Å². The highest BCUT2D eigenvalue weighted by atomic mass is 35.5. The molecule has 2 rings (SSSR count). The lowest BCUT2D eigenvalue weighted by atomic mass is 10.1. The van der Waals surface area contributed by atoms with Crippen molar-refractivity contribution in [1.29, 1.82) is 0 Å². The first-order chi connectivity index (χ1) is 17.3. The predicted molar refractivity (Wildman–Crippen MR) is 149 cm³/mol. The molecule has 0 heterocycles. The molecular formula is C26H35Cl2N3O5S. The van der Waals surface area contributed by atoms with E-state index in [2.05, 4.69) is 5.32 Å². The third-order valence-electron chi connectivity index (χ3n) is 5.69. The van der Waals surface area contributed by atoms with Gasteiger partial charge in [-0.3, -0.25) is 13.9 Å². The van der Waals surface area contributed by atoms with Gasteiger partial charge in [-0.2, -0.15) is 0 Å². The van der Waals surface area contributed by atoms with Crippen LogP contribution >= 0.6 is 23.2 Å². The summed E-state index contributed by atoms with van der Waals surface area (Å²) in [6.07, 6.45) is 1.35. The number of anilines is 1. The van der Waals surface area contributed by atoms with Crippen molar-refractivity contribution < 1.29 is 22.7 Å². The molecule has 0 aliphatic carbocycles. The van der Waals surface area contributed by atoms with E-state index in [9.17, 15) is 18.0 Å². The van der Waals surface area contributed by atoms with Gasteiger partial charge in [0.15, 0.2) is 0 Å². The second kappa shape index (κ2) is 13.3. The van der Waals surface area contributed by atoms with Crippen molar-refractivity contribution in [2.75, 3.05) is 30.8 Å². The molecule has 8 nitrogen and oxygen atoms in total. The summed E-state index contributed by atoms with van der Waals surface area (Å²) in [5.41, 5.74) is 1.69. The molecule has 0 aliphatic heterocycles. The topological polar surface area (TPSA) is 96.0 Å². The van der Waals surface area contributed by atoms with Gasteiger partial charge in [-0.25, -0.2) is 8.42 Å². The minimum atomic E-state index is -3.89. The number of carbonyl (C=O) groups excluding carboxylic acids is 2. The van der Waals surface area contributed by atoms with Crippen LogP contribution in [0.4, 0.5) is 5.69 Å². The maximum absolute atomic E-state index is 13.8. The van der Waals surface area contributed by atoms with Gasteiger partial charge in [0, 0.05) is 13.1 Å². The summed E-state index contributed by atoms with van der Waals surface area (Å²) in [6, 6.07) is 9.20. The average molecular weight is 573 g/mol. The highest BCUT2D eigenvalue weighted by Crippen LogP contribution is 2.31. The number of carbonyl (C=O) groups is 2. The number of methoxy groups -OCH3 is 1. The molecule has 1 N–H and O–H groups in total. The second-order valence-corrected chi connectivity index (χ2v) is 12.0. The quantitative estimate of drug-likeness (QED) is 0.399. The van der Waals surface area contributed by atoms with E-state index in [1.54, 1.807) is 43.3 Å². The maximum Gasteiger partial charge on any atom is 0.244 e. The SMILES string of the molecule is CC[C@@H](C(=O)NCC(C)C)N(Cc1ccc(Cl)c(Cl)c1)C(=O)CN(c1cc(C)ccc1OC)S(C)(=O)=O. The minimum Gasteiger partial charge on any atom is -0.495 e. The summed E-state index contributed by atoms with van der Waals surface area (Å²) < 4.78 is 32.1. The fourth-order valence-corrected chi connectivity index (χ4v) is 4.93. The molecule has 0 unspecified atom stereocenters. The van der Waals surface area contributed by atoms with Gasteiger partial charge in [0.05, 0.1) is 29.1 Å². The minimum absolute atomic E-state index is 0.0336. The summed E-state index contributed by atoms with van der Waals surface area (Å²) in [7, 11) is -2.46. The van der Waals surface area contributed by atoms with Crippen LogP contribution in [0.15, 0.2) is 36.4 Å². The van der Waals surface area contributed by atoms with Crippen molar-refractivity contribution in [3.63, 3.8) is 0 Å². The Kier molecular flexibility index (Phi) is 11.1. The first kappa shape index (κ1) is 30.7. The molecule has 2 aromatic rings. The molecule has 0 spiro atoms. The number of hydrogen-bond acceptors (Lipinski definition) is 5. The molecule has 204 valence electrons. The van der Waals surface area contributed by atoms with E-state index in [0.717, 1.165) is 16.1 Å². The Labute approximate surface area is 229 Å². The Morgan fingerprint density at radius 3 is 2.30 bits per heavy atom. The summed E-state index contributed by atoms with van der Waals surface area (Å²) in [5, 5.41) is 3.56. The van der Waals surface area contributed by atoms with E-state index in [0.29, 0.717) is 34.3 Å². The summed E-state index contributed by atoms with van der Waals surface area (Å²) in [4.78, 5) is 28.3. The lowest BCUT2D eigenvalue weighted by Crippen LogP contribution is -2.52. The zero-order valence-corrected chi connectivity index (χ0v) is 24.4. The zero-order chi connectivity index (χ0) is 27.9. The van der Waals surface area contributed by atoms with Gasteiger partial charge in [0.1, 0.15) is 18.3 Å². The molecule has 0 saturated heterocycles. The highest BCUT2D eigenvalue weighted by Gasteiger charge is 2.32. The maximum atomic E-state index is 13.8. The van der Waals surface area contributed by atoms with Gasteiger partial charge in [-0.15, -0.1) is 0 Å². The van der Waals surface area contributed by atoms with E-state index < -0.39 is 28.5 Å². The Hall–Kier alpha value is -2.49. The van der Waals surface area contributed by atoms with Crippen LogP contribution in [0.2, 0.25) is 10.0 Å². The first-order valence-corrected chi connectivity index (χ1v) is 14.5. The number of rotatable bonds is 12. The Morgan fingerprint density at radius 1 is 1.08 bits per heavy atom. The predicted octanol–water partition coefficient (Wildman–Crippen LogP) is 4.66. The molecule has 0 fully saturated rings. The van der Waals surface area contributed by atoms with Gasteiger partial charge in [0.25, 0.3) is 0 Å². The molecule has 2 aromatic carbocycles. The molecule has 0 bridgehead atoms. The number of halogens is 2. The largest absolute Gasteiger partial charge is 0.495 e. The number of benzene rings is 2. The number of nitrogens with zero attached hydrogens (tertiary/aromatic N) is 2. The second-order valence-electron chi connectivity index (χ2n) is 9.28. The number of amides is 2. The van der Waals surface area contributed by atoms with Crippen LogP contribution in [0.3, 0.4) is 0 Å². The smallest absolute Gasteiger partial charge is 0.244 e. The average Bonchev–Trinajstić information content (AvgIpc) is 2.82. The van der Waals surface area contributed by atoms with Gasteiger partial charge in [0.2, 0.25) is 21.8 Å². The standard InChI is InChI=1S/C26H35Cl2N3O5S/c1-7-22(26(33)29-14-17(2)3)30(15-19-9-10-20(27)21(28)13-19)25(32)16-31(37(6,34)35)23-12-18(4)8-11-24(23)36-5/h8-13,17,22H,7,14-16H2,1-6H3,(H,29,33)/t22-/m0/s1. The van der Waals surface area contributed by atoms with Crippen LogP contribution in [-0.2, 0) is 26.2 Å². The van der Waals surface area contributed by atoms with E-state index in [1.165, 1.54) is 12.0 Å². The monoisotopic (exact) mass is 571 g/mol. The summed E-state index contributed by atoms with van der Waals surface area (Å²) in [6.45, 7) is 7.51. The molecule has 0 aromatic heterocycles. The highest BCUT2D eigenvalue weighted by molar-refractivity contribution is 7.92.